The summed E-state index contributed by atoms with van der Waals surface area (Å²) in [4.78, 5) is 10.3. The first-order valence-electron chi connectivity index (χ1n) is 4.46. The van der Waals surface area contributed by atoms with Crippen LogP contribution in [-0.4, -0.2) is 37.0 Å². The van der Waals surface area contributed by atoms with E-state index in [0.717, 1.165) is 0 Å². The molecule has 0 amide bonds. The fourth-order valence-electron chi connectivity index (χ4n) is 0.674. The molecule has 78 valence electrons. The van der Waals surface area contributed by atoms with Gasteiger partial charge in [-0.25, -0.2) is 4.79 Å². The Balaban J connectivity index is 3.21. The lowest BCUT2D eigenvalue weighted by molar-refractivity contribution is -0.150. The Morgan fingerprint density at radius 3 is 2.38 bits per heavy atom. The van der Waals surface area contributed by atoms with Gasteiger partial charge in [0, 0.05) is 6.61 Å². The average molecular weight is 190 g/mol. The average Bonchev–Trinajstić information content (AvgIpc) is 2.02. The minimum atomic E-state index is -0.941. The third kappa shape index (κ3) is 7.74. The van der Waals surface area contributed by atoms with E-state index in [1.54, 1.807) is 0 Å². The first kappa shape index (κ1) is 12.4. The van der Waals surface area contributed by atoms with Crippen LogP contribution in [0.5, 0.6) is 0 Å². The first-order valence-corrected chi connectivity index (χ1v) is 4.46. The van der Waals surface area contributed by atoms with Crippen molar-refractivity contribution in [3.8, 4) is 0 Å². The first-order chi connectivity index (χ1) is 6.04. The van der Waals surface area contributed by atoms with Crippen molar-refractivity contribution in [3.05, 3.63) is 0 Å². The highest BCUT2D eigenvalue weighted by molar-refractivity contribution is 5.71. The Morgan fingerprint density at radius 1 is 1.31 bits per heavy atom. The minimum absolute atomic E-state index is 0.334. The molecule has 0 bridgehead atoms. The van der Waals surface area contributed by atoms with E-state index in [0.29, 0.717) is 25.7 Å². The number of hydrogen-bond acceptors (Lipinski definition) is 3. The highest BCUT2D eigenvalue weighted by Crippen LogP contribution is 1.94. The number of aliphatic carboxylic acids is 1. The van der Waals surface area contributed by atoms with Gasteiger partial charge in [-0.1, -0.05) is 13.8 Å². The molecule has 0 aliphatic heterocycles. The molecule has 0 aliphatic carbocycles. The maximum absolute atomic E-state index is 10.3. The van der Waals surface area contributed by atoms with Gasteiger partial charge in [0.2, 0.25) is 0 Å². The van der Waals surface area contributed by atoms with E-state index in [2.05, 4.69) is 13.8 Å². The van der Waals surface area contributed by atoms with Gasteiger partial charge >= 0.3 is 5.97 Å². The van der Waals surface area contributed by atoms with Gasteiger partial charge in [-0.3, -0.25) is 0 Å². The molecule has 0 aromatic heterocycles. The van der Waals surface area contributed by atoms with Crippen LogP contribution in [0.3, 0.4) is 0 Å². The van der Waals surface area contributed by atoms with Crippen molar-refractivity contribution in [3.63, 3.8) is 0 Å². The number of carboxylic acids is 1. The molecule has 0 spiro atoms. The van der Waals surface area contributed by atoms with Crippen molar-refractivity contribution < 1.29 is 19.4 Å². The lowest BCUT2D eigenvalue weighted by Crippen LogP contribution is -2.22. The number of hydrogen-bond donors (Lipinski definition) is 1. The van der Waals surface area contributed by atoms with Gasteiger partial charge in [0.25, 0.3) is 0 Å². The number of ether oxygens (including phenoxy) is 2. The van der Waals surface area contributed by atoms with Crippen LogP contribution >= 0.6 is 0 Å². The van der Waals surface area contributed by atoms with E-state index >= 15 is 0 Å². The molecule has 4 heteroatoms. The molecule has 0 aromatic carbocycles. The summed E-state index contributed by atoms with van der Waals surface area (Å²) >= 11 is 0. The molecule has 13 heavy (non-hydrogen) atoms. The molecular weight excluding hydrogens is 172 g/mol. The van der Waals surface area contributed by atoms with E-state index in [1.807, 2.05) is 0 Å². The van der Waals surface area contributed by atoms with Crippen molar-refractivity contribution in [1.29, 1.82) is 0 Å². The van der Waals surface area contributed by atoms with Crippen molar-refractivity contribution >= 4 is 5.97 Å². The SMILES string of the molecule is CC(C)COCCO[C@H](C)C(=O)O. The van der Waals surface area contributed by atoms with Crippen LogP contribution in [0.15, 0.2) is 0 Å². The maximum Gasteiger partial charge on any atom is 0.332 e. The predicted molar refractivity (Wildman–Crippen MR) is 48.7 cm³/mol. The topological polar surface area (TPSA) is 55.8 Å². The maximum atomic E-state index is 10.3. The van der Waals surface area contributed by atoms with Crippen LogP contribution < -0.4 is 0 Å². The van der Waals surface area contributed by atoms with Gasteiger partial charge in [-0.05, 0) is 12.8 Å². The summed E-state index contributed by atoms with van der Waals surface area (Å²) in [6.45, 7) is 7.09. The van der Waals surface area contributed by atoms with Crippen LogP contribution in [0.25, 0.3) is 0 Å². The van der Waals surface area contributed by atoms with Crippen LogP contribution in [0.4, 0.5) is 0 Å². The van der Waals surface area contributed by atoms with Crippen molar-refractivity contribution in [2.45, 2.75) is 26.9 Å². The summed E-state index contributed by atoms with van der Waals surface area (Å²) in [5, 5.41) is 8.46. The Morgan fingerprint density at radius 2 is 1.92 bits per heavy atom. The zero-order valence-electron chi connectivity index (χ0n) is 8.45. The van der Waals surface area contributed by atoms with E-state index in [4.69, 9.17) is 14.6 Å². The molecule has 0 radical (unpaired) electrons. The second kappa shape index (κ2) is 6.86. The zero-order chi connectivity index (χ0) is 10.3. The molecule has 1 N–H and O–H groups in total. The lowest BCUT2D eigenvalue weighted by atomic mass is 10.2. The van der Waals surface area contributed by atoms with Gasteiger partial charge in [0.1, 0.15) is 0 Å². The molecule has 4 nitrogen and oxygen atoms in total. The molecule has 0 unspecified atom stereocenters. The third-order valence-corrected chi connectivity index (χ3v) is 1.39. The molecule has 0 saturated heterocycles. The standard InChI is InChI=1S/C9H18O4/c1-7(2)6-12-4-5-13-8(3)9(10)11/h7-8H,4-6H2,1-3H3,(H,10,11)/t8-/m1/s1. The van der Waals surface area contributed by atoms with Crippen molar-refractivity contribution in [2.24, 2.45) is 5.92 Å². The van der Waals surface area contributed by atoms with E-state index in [1.165, 1.54) is 6.92 Å². The summed E-state index contributed by atoms with van der Waals surface area (Å²) < 4.78 is 10.2. The second-order valence-electron chi connectivity index (χ2n) is 3.32. The van der Waals surface area contributed by atoms with Gasteiger partial charge in [0.15, 0.2) is 6.10 Å². The normalized spacial score (nSPS) is 13.2. The van der Waals surface area contributed by atoms with E-state index in [-0.39, 0.29) is 0 Å². The molecule has 1 atom stereocenters. The Kier molecular flexibility index (Phi) is 6.54. The summed E-state index contributed by atoms with van der Waals surface area (Å²) in [6, 6.07) is 0. The molecule has 0 heterocycles. The number of rotatable bonds is 7. The Bertz CT molecular complexity index is 145. The Hall–Kier alpha value is -0.610. The highest BCUT2D eigenvalue weighted by atomic mass is 16.5. The predicted octanol–water partition coefficient (Wildman–Crippen LogP) is 1.15. The fraction of sp³-hybridized carbons (Fsp3) is 0.889. The quantitative estimate of drug-likeness (QED) is 0.612. The molecule has 0 rings (SSSR count). The van der Waals surface area contributed by atoms with Crippen LogP contribution in [0.1, 0.15) is 20.8 Å². The summed E-state index contributed by atoms with van der Waals surface area (Å²) in [7, 11) is 0. The molecule has 0 fully saturated rings. The second-order valence-corrected chi connectivity index (χ2v) is 3.32. The number of carbonyl (C=O) groups is 1. The van der Waals surface area contributed by atoms with Crippen LogP contribution in [0.2, 0.25) is 0 Å². The molecule has 0 aliphatic rings. The minimum Gasteiger partial charge on any atom is -0.479 e. The number of carboxylic acid groups (broad SMARTS) is 1. The van der Waals surface area contributed by atoms with Crippen LogP contribution in [0, 0.1) is 5.92 Å². The van der Waals surface area contributed by atoms with Crippen LogP contribution in [-0.2, 0) is 14.3 Å². The zero-order valence-corrected chi connectivity index (χ0v) is 8.45. The summed E-state index contributed by atoms with van der Waals surface area (Å²) in [5.41, 5.74) is 0. The van der Waals surface area contributed by atoms with E-state index < -0.39 is 12.1 Å². The summed E-state index contributed by atoms with van der Waals surface area (Å²) in [6.07, 6.45) is -0.748. The highest BCUT2D eigenvalue weighted by Gasteiger charge is 2.09. The lowest BCUT2D eigenvalue weighted by Gasteiger charge is -2.09. The monoisotopic (exact) mass is 190 g/mol. The fourth-order valence-corrected chi connectivity index (χ4v) is 0.674. The van der Waals surface area contributed by atoms with Crippen molar-refractivity contribution in [2.75, 3.05) is 19.8 Å². The molecule has 0 saturated carbocycles. The largest absolute Gasteiger partial charge is 0.479 e. The summed E-state index contributed by atoms with van der Waals surface area (Å²) in [5.74, 6) is -0.444. The van der Waals surface area contributed by atoms with Crippen molar-refractivity contribution in [1.82, 2.24) is 0 Å². The van der Waals surface area contributed by atoms with Gasteiger partial charge < -0.3 is 14.6 Å². The molecule has 0 aromatic rings. The molecular formula is C9H18O4. The Labute approximate surface area is 78.8 Å². The third-order valence-electron chi connectivity index (χ3n) is 1.39. The van der Waals surface area contributed by atoms with Gasteiger partial charge in [-0.15, -0.1) is 0 Å². The smallest absolute Gasteiger partial charge is 0.332 e. The van der Waals surface area contributed by atoms with Gasteiger partial charge in [0.05, 0.1) is 13.2 Å². The van der Waals surface area contributed by atoms with E-state index in [9.17, 15) is 4.79 Å². The van der Waals surface area contributed by atoms with Gasteiger partial charge in [-0.2, -0.15) is 0 Å².